The second-order valence-corrected chi connectivity index (χ2v) is 6.34. The van der Waals surface area contributed by atoms with E-state index in [0.29, 0.717) is 5.75 Å². The summed E-state index contributed by atoms with van der Waals surface area (Å²) in [7, 11) is 1.98. The number of ketones is 1. The van der Waals surface area contributed by atoms with E-state index in [2.05, 4.69) is 9.97 Å². The van der Waals surface area contributed by atoms with Gasteiger partial charge < -0.3 is 9.55 Å². The van der Waals surface area contributed by atoms with Gasteiger partial charge in [0.25, 0.3) is 0 Å². The highest BCUT2D eigenvalue weighted by molar-refractivity contribution is 7.99. The van der Waals surface area contributed by atoms with Crippen molar-refractivity contribution < 1.29 is 4.79 Å². The number of para-hydroxylation sites is 3. The molecular weight excluding hydrogens is 306 g/mol. The first-order valence-corrected chi connectivity index (χ1v) is 8.36. The quantitative estimate of drug-likeness (QED) is 0.456. The van der Waals surface area contributed by atoms with Crippen LogP contribution >= 0.6 is 11.8 Å². The molecule has 0 fully saturated rings. The minimum atomic E-state index is 0.111. The van der Waals surface area contributed by atoms with Gasteiger partial charge >= 0.3 is 0 Å². The Morgan fingerprint density at radius 1 is 1.17 bits per heavy atom. The molecule has 1 N–H and O–H groups in total. The number of nitrogens with one attached hydrogen (secondary N) is 1. The molecular formula is C18H15N3OS. The lowest BCUT2D eigenvalue weighted by atomic mass is 10.1. The molecule has 23 heavy (non-hydrogen) atoms. The molecule has 4 nitrogen and oxygen atoms in total. The molecule has 4 aromatic rings. The van der Waals surface area contributed by atoms with Crippen LogP contribution in [0, 0.1) is 0 Å². The summed E-state index contributed by atoms with van der Waals surface area (Å²) in [6.07, 6.45) is 1.79. The second kappa shape index (κ2) is 5.59. The molecule has 0 saturated heterocycles. The smallest absolute Gasteiger partial charge is 0.175 e. The summed E-state index contributed by atoms with van der Waals surface area (Å²) in [5.41, 5.74) is 3.77. The number of aryl methyl sites for hydroxylation is 1. The van der Waals surface area contributed by atoms with Gasteiger partial charge in [-0.25, -0.2) is 4.98 Å². The number of aromatic nitrogens is 3. The fourth-order valence-electron chi connectivity index (χ4n) is 2.76. The van der Waals surface area contributed by atoms with E-state index in [1.54, 1.807) is 6.20 Å². The molecule has 2 heterocycles. The van der Waals surface area contributed by atoms with Crippen molar-refractivity contribution in [2.45, 2.75) is 5.16 Å². The number of carbonyl (C=O) groups excluding carboxylic acids is 1. The molecule has 5 heteroatoms. The number of benzene rings is 2. The fraction of sp³-hybridized carbons (Fsp3) is 0.111. The van der Waals surface area contributed by atoms with Crippen molar-refractivity contribution in [1.29, 1.82) is 0 Å². The number of imidazole rings is 1. The molecule has 114 valence electrons. The number of hydrogen-bond acceptors (Lipinski definition) is 3. The van der Waals surface area contributed by atoms with E-state index >= 15 is 0 Å². The highest BCUT2D eigenvalue weighted by atomic mass is 32.2. The molecule has 0 radical (unpaired) electrons. The lowest BCUT2D eigenvalue weighted by Gasteiger charge is -2.01. The predicted molar refractivity (Wildman–Crippen MR) is 94.1 cm³/mol. The Kier molecular flexibility index (Phi) is 3.42. The zero-order valence-electron chi connectivity index (χ0n) is 12.6. The fourth-order valence-corrected chi connectivity index (χ4v) is 3.63. The molecule has 0 saturated carbocycles. The topological polar surface area (TPSA) is 50.7 Å². The molecule has 0 aliphatic heterocycles. The number of rotatable bonds is 4. The number of aromatic amines is 1. The average molecular weight is 321 g/mol. The third-order valence-corrected chi connectivity index (χ3v) is 5.00. The van der Waals surface area contributed by atoms with Crippen LogP contribution in [0.4, 0.5) is 0 Å². The minimum absolute atomic E-state index is 0.111. The van der Waals surface area contributed by atoms with E-state index in [1.807, 2.05) is 60.1 Å². The van der Waals surface area contributed by atoms with Crippen molar-refractivity contribution in [3.63, 3.8) is 0 Å². The van der Waals surface area contributed by atoms with Crippen molar-refractivity contribution >= 4 is 39.5 Å². The number of fused-ring (bicyclic) bond motifs is 2. The van der Waals surface area contributed by atoms with Crippen LogP contribution in [0.5, 0.6) is 0 Å². The van der Waals surface area contributed by atoms with Gasteiger partial charge in [0, 0.05) is 29.7 Å². The Hall–Kier alpha value is -2.53. The first-order valence-electron chi connectivity index (χ1n) is 7.37. The molecule has 0 unspecified atom stereocenters. The van der Waals surface area contributed by atoms with E-state index in [1.165, 1.54) is 11.8 Å². The first-order chi connectivity index (χ1) is 11.2. The van der Waals surface area contributed by atoms with Gasteiger partial charge in [-0.2, -0.15) is 0 Å². The molecule has 0 aliphatic carbocycles. The van der Waals surface area contributed by atoms with Crippen molar-refractivity contribution in [3.8, 4) is 0 Å². The minimum Gasteiger partial charge on any atom is -0.360 e. The van der Waals surface area contributed by atoms with Crippen LogP contribution < -0.4 is 0 Å². The van der Waals surface area contributed by atoms with E-state index in [0.717, 1.165) is 32.7 Å². The number of carbonyl (C=O) groups is 1. The molecule has 2 aromatic heterocycles. The van der Waals surface area contributed by atoms with Gasteiger partial charge in [0.05, 0.1) is 16.8 Å². The van der Waals surface area contributed by atoms with Gasteiger partial charge in [-0.15, -0.1) is 0 Å². The van der Waals surface area contributed by atoms with Gasteiger partial charge in [0.2, 0.25) is 0 Å². The lowest BCUT2D eigenvalue weighted by molar-refractivity contribution is 0.102. The largest absolute Gasteiger partial charge is 0.360 e. The summed E-state index contributed by atoms with van der Waals surface area (Å²) >= 11 is 1.48. The third-order valence-electron chi connectivity index (χ3n) is 3.97. The Bertz CT molecular complexity index is 1020. The van der Waals surface area contributed by atoms with E-state index in [-0.39, 0.29) is 5.78 Å². The Morgan fingerprint density at radius 2 is 1.96 bits per heavy atom. The highest BCUT2D eigenvalue weighted by Crippen LogP contribution is 2.25. The number of nitrogens with zero attached hydrogens (tertiary/aromatic N) is 2. The predicted octanol–water partition coefficient (Wildman–Crippen LogP) is 4.03. The zero-order chi connectivity index (χ0) is 15.8. The molecule has 2 aromatic carbocycles. The summed E-state index contributed by atoms with van der Waals surface area (Å²) in [5, 5.41) is 1.84. The molecule has 0 aliphatic rings. The first kappa shape index (κ1) is 14.1. The average Bonchev–Trinajstić information content (AvgIpc) is 3.15. The van der Waals surface area contributed by atoms with Crippen LogP contribution in [0.1, 0.15) is 10.4 Å². The molecule has 0 amide bonds. The maximum Gasteiger partial charge on any atom is 0.175 e. The Balaban J connectivity index is 1.58. The number of hydrogen-bond donors (Lipinski definition) is 1. The molecule has 0 atom stereocenters. The van der Waals surface area contributed by atoms with Crippen molar-refractivity contribution in [2.24, 2.45) is 7.05 Å². The summed E-state index contributed by atoms with van der Waals surface area (Å²) in [6, 6.07) is 15.8. The zero-order valence-corrected chi connectivity index (χ0v) is 13.4. The normalized spacial score (nSPS) is 11.3. The number of Topliss-reactive ketones (excluding diaryl/α,β-unsaturated/α-hetero) is 1. The highest BCUT2D eigenvalue weighted by Gasteiger charge is 2.14. The SMILES string of the molecule is Cn1c(SCC(=O)c2c[nH]c3ccccc23)nc2ccccc21. The van der Waals surface area contributed by atoms with Crippen molar-refractivity contribution in [3.05, 3.63) is 60.3 Å². The summed E-state index contributed by atoms with van der Waals surface area (Å²) in [4.78, 5) is 20.3. The number of H-pyrrole nitrogens is 1. The second-order valence-electron chi connectivity index (χ2n) is 5.40. The lowest BCUT2D eigenvalue weighted by Crippen LogP contribution is -2.03. The Morgan fingerprint density at radius 3 is 2.83 bits per heavy atom. The van der Waals surface area contributed by atoms with E-state index in [4.69, 9.17) is 0 Å². The van der Waals surface area contributed by atoms with Crippen LogP contribution in [0.25, 0.3) is 21.9 Å². The molecule has 0 spiro atoms. The van der Waals surface area contributed by atoms with Crippen LogP contribution in [0.15, 0.2) is 59.9 Å². The van der Waals surface area contributed by atoms with Crippen molar-refractivity contribution in [2.75, 3.05) is 5.75 Å². The standard InChI is InChI=1S/C18H15N3OS/c1-21-16-9-5-4-8-15(16)20-18(21)23-11-17(22)13-10-19-14-7-3-2-6-12(13)14/h2-10,19H,11H2,1H3. The van der Waals surface area contributed by atoms with Crippen LogP contribution in [-0.2, 0) is 7.05 Å². The van der Waals surface area contributed by atoms with Gasteiger partial charge in [-0.3, -0.25) is 4.79 Å². The maximum atomic E-state index is 12.5. The monoisotopic (exact) mass is 321 g/mol. The van der Waals surface area contributed by atoms with E-state index < -0.39 is 0 Å². The summed E-state index contributed by atoms with van der Waals surface area (Å²) in [5.74, 6) is 0.485. The van der Waals surface area contributed by atoms with Crippen molar-refractivity contribution in [1.82, 2.24) is 14.5 Å². The van der Waals surface area contributed by atoms with Gasteiger partial charge in [0.1, 0.15) is 0 Å². The molecule has 4 rings (SSSR count). The van der Waals surface area contributed by atoms with Crippen LogP contribution in [0.3, 0.4) is 0 Å². The third kappa shape index (κ3) is 2.43. The van der Waals surface area contributed by atoms with Gasteiger partial charge in [0.15, 0.2) is 10.9 Å². The Labute approximate surface area is 137 Å². The number of thioether (sulfide) groups is 1. The van der Waals surface area contributed by atoms with Crippen LogP contribution in [0.2, 0.25) is 0 Å². The van der Waals surface area contributed by atoms with Gasteiger partial charge in [-0.05, 0) is 18.2 Å². The van der Waals surface area contributed by atoms with E-state index in [9.17, 15) is 4.79 Å². The maximum absolute atomic E-state index is 12.5. The summed E-state index contributed by atoms with van der Waals surface area (Å²) in [6.45, 7) is 0. The van der Waals surface area contributed by atoms with Crippen LogP contribution in [-0.4, -0.2) is 26.1 Å². The molecule has 0 bridgehead atoms. The van der Waals surface area contributed by atoms with Gasteiger partial charge in [-0.1, -0.05) is 42.1 Å². The summed E-state index contributed by atoms with van der Waals surface area (Å²) < 4.78 is 2.03.